The zero-order valence-electron chi connectivity index (χ0n) is 12.1. The van der Waals surface area contributed by atoms with Crippen molar-refractivity contribution >= 4 is 5.69 Å². The molecule has 0 bridgehead atoms. The standard InChI is InChI=1S/C17H18F2N2O/c18-17(19)22-16-8-4-2-6-13(16)10-21-11-14(20)9-12-5-1-3-7-15(12)21/h1-8,14,17H,9-11,20H2. The number of rotatable bonds is 4. The molecule has 0 saturated heterocycles. The molecule has 0 saturated carbocycles. The van der Waals surface area contributed by atoms with E-state index in [1.165, 1.54) is 5.56 Å². The van der Waals surface area contributed by atoms with E-state index >= 15 is 0 Å². The highest BCUT2D eigenvalue weighted by Gasteiger charge is 2.22. The number of alkyl halides is 2. The SMILES string of the molecule is NC1Cc2ccccc2N(Cc2ccccc2OC(F)F)C1. The van der Waals surface area contributed by atoms with Crippen LogP contribution >= 0.6 is 0 Å². The predicted molar refractivity (Wildman–Crippen MR) is 82.2 cm³/mol. The summed E-state index contributed by atoms with van der Waals surface area (Å²) in [6, 6.07) is 15.0. The molecule has 0 spiro atoms. The van der Waals surface area contributed by atoms with Crippen LogP contribution < -0.4 is 15.4 Å². The summed E-state index contributed by atoms with van der Waals surface area (Å²) < 4.78 is 29.7. The highest BCUT2D eigenvalue weighted by atomic mass is 19.3. The molecule has 2 aromatic rings. The smallest absolute Gasteiger partial charge is 0.387 e. The molecule has 0 aromatic heterocycles. The lowest BCUT2D eigenvalue weighted by molar-refractivity contribution is -0.0504. The van der Waals surface area contributed by atoms with Crippen molar-refractivity contribution in [3.05, 3.63) is 59.7 Å². The van der Waals surface area contributed by atoms with E-state index in [0.29, 0.717) is 13.1 Å². The second-order valence-corrected chi connectivity index (χ2v) is 5.46. The Morgan fingerprint density at radius 2 is 1.86 bits per heavy atom. The predicted octanol–water partition coefficient (Wildman–Crippen LogP) is 3.18. The minimum atomic E-state index is -2.82. The van der Waals surface area contributed by atoms with Gasteiger partial charge in [-0.1, -0.05) is 36.4 Å². The van der Waals surface area contributed by atoms with E-state index in [-0.39, 0.29) is 11.8 Å². The largest absolute Gasteiger partial charge is 0.434 e. The van der Waals surface area contributed by atoms with Gasteiger partial charge in [0, 0.05) is 30.4 Å². The van der Waals surface area contributed by atoms with Crippen molar-refractivity contribution in [2.75, 3.05) is 11.4 Å². The summed E-state index contributed by atoms with van der Waals surface area (Å²) in [6.45, 7) is -1.63. The molecule has 0 fully saturated rings. The molecule has 0 aliphatic carbocycles. The molecule has 5 heteroatoms. The van der Waals surface area contributed by atoms with Crippen LogP contribution in [0.5, 0.6) is 5.75 Å². The summed E-state index contributed by atoms with van der Waals surface area (Å²) in [4.78, 5) is 2.12. The maximum Gasteiger partial charge on any atom is 0.387 e. The van der Waals surface area contributed by atoms with E-state index in [9.17, 15) is 8.78 Å². The third kappa shape index (κ3) is 3.20. The molecule has 22 heavy (non-hydrogen) atoms. The van der Waals surface area contributed by atoms with Crippen molar-refractivity contribution in [2.45, 2.75) is 25.6 Å². The van der Waals surface area contributed by atoms with Gasteiger partial charge in [0.2, 0.25) is 0 Å². The Bertz CT molecular complexity index is 648. The van der Waals surface area contributed by atoms with Gasteiger partial charge in [0.25, 0.3) is 0 Å². The van der Waals surface area contributed by atoms with E-state index in [4.69, 9.17) is 5.73 Å². The first-order valence-electron chi connectivity index (χ1n) is 7.24. The number of nitrogens with two attached hydrogens (primary N) is 1. The van der Waals surface area contributed by atoms with Crippen LogP contribution in [0, 0.1) is 0 Å². The lowest BCUT2D eigenvalue weighted by atomic mass is 9.98. The van der Waals surface area contributed by atoms with Gasteiger partial charge in [-0.05, 0) is 24.1 Å². The van der Waals surface area contributed by atoms with Gasteiger partial charge in [-0.25, -0.2) is 0 Å². The molecule has 1 aliphatic rings. The number of nitrogens with zero attached hydrogens (tertiary/aromatic N) is 1. The quantitative estimate of drug-likeness (QED) is 0.943. The molecule has 3 rings (SSSR count). The van der Waals surface area contributed by atoms with Gasteiger partial charge in [-0.15, -0.1) is 0 Å². The van der Waals surface area contributed by atoms with Crippen LogP contribution in [0.15, 0.2) is 48.5 Å². The Morgan fingerprint density at radius 3 is 2.68 bits per heavy atom. The molecular weight excluding hydrogens is 286 g/mol. The fourth-order valence-electron chi connectivity index (χ4n) is 2.92. The Hall–Kier alpha value is -2.14. The van der Waals surface area contributed by atoms with Gasteiger partial charge >= 0.3 is 6.61 Å². The third-order valence-corrected chi connectivity index (χ3v) is 3.82. The Labute approximate surface area is 128 Å². The summed E-state index contributed by atoms with van der Waals surface area (Å²) in [5, 5.41) is 0. The zero-order chi connectivity index (χ0) is 15.5. The number of fused-ring (bicyclic) bond motifs is 1. The monoisotopic (exact) mass is 304 g/mol. The summed E-state index contributed by atoms with van der Waals surface area (Å²) in [5.41, 5.74) is 9.14. The molecule has 1 heterocycles. The van der Waals surface area contributed by atoms with Gasteiger partial charge in [0.15, 0.2) is 0 Å². The van der Waals surface area contributed by atoms with Gasteiger partial charge in [0.1, 0.15) is 5.75 Å². The molecule has 1 unspecified atom stereocenters. The second kappa shape index (κ2) is 6.32. The van der Waals surface area contributed by atoms with Gasteiger partial charge in [-0.3, -0.25) is 0 Å². The number of ether oxygens (including phenoxy) is 1. The summed E-state index contributed by atoms with van der Waals surface area (Å²) in [7, 11) is 0. The third-order valence-electron chi connectivity index (χ3n) is 3.82. The van der Waals surface area contributed by atoms with E-state index in [0.717, 1.165) is 17.7 Å². The molecule has 0 amide bonds. The Morgan fingerprint density at radius 1 is 1.14 bits per heavy atom. The molecular formula is C17H18F2N2O. The average Bonchev–Trinajstić information content (AvgIpc) is 2.48. The number of benzene rings is 2. The van der Waals surface area contributed by atoms with Crippen LogP contribution in [0.25, 0.3) is 0 Å². The van der Waals surface area contributed by atoms with E-state index in [2.05, 4.69) is 15.7 Å². The minimum Gasteiger partial charge on any atom is -0.434 e. The normalized spacial score (nSPS) is 17.5. The molecule has 1 aliphatic heterocycles. The molecule has 3 nitrogen and oxygen atoms in total. The summed E-state index contributed by atoms with van der Waals surface area (Å²) in [5.74, 6) is 0.217. The lowest BCUT2D eigenvalue weighted by Crippen LogP contribution is -2.42. The molecule has 0 radical (unpaired) electrons. The molecule has 116 valence electrons. The highest BCUT2D eigenvalue weighted by Crippen LogP contribution is 2.30. The van der Waals surface area contributed by atoms with Crippen LogP contribution in [0.4, 0.5) is 14.5 Å². The maximum atomic E-state index is 12.5. The lowest BCUT2D eigenvalue weighted by Gasteiger charge is -2.35. The van der Waals surface area contributed by atoms with Crippen LogP contribution in [-0.2, 0) is 13.0 Å². The second-order valence-electron chi connectivity index (χ2n) is 5.46. The van der Waals surface area contributed by atoms with Gasteiger partial charge < -0.3 is 15.4 Å². The van der Waals surface area contributed by atoms with E-state index < -0.39 is 6.61 Å². The summed E-state index contributed by atoms with van der Waals surface area (Å²) in [6.07, 6.45) is 0.835. The fourth-order valence-corrected chi connectivity index (χ4v) is 2.92. The number of para-hydroxylation sites is 2. The first kappa shape index (κ1) is 14.8. The fraction of sp³-hybridized carbons (Fsp3) is 0.294. The van der Waals surface area contributed by atoms with Crippen LogP contribution in [0.1, 0.15) is 11.1 Å². The van der Waals surface area contributed by atoms with Crippen LogP contribution in [-0.4, -0.2) is 19.2 Å². The zero-order valence-corrected chi connectivity index (χ0v) is 12.1. The van der Waals surface area contributed by atoms with Crippen molar-refractivity contribution in [2.24, 2.45) is 5.73 Å². The van der Waals surface area contributed by atoms with E-state index in [1.54, 1.807) is 18.2 Å². The minimum absolute atomic E-state index is 0.0399. The topological polar surface area (TPSA) is 38.5 Å². The van der Waals surface area contributed by atoms with Crippen LogP contribution in [0.3, 0.4) is 0 Å². The van der Waals surface area contributed by atoms with E-state index in [1.807, 2.05) is 24.3 Å². The first-order chi connectivity index (χ1) is 10.6. The number of hydrogen-bond donors (Lipinski definition) is 1. The Kier molecular flexibility index (Phi) is 4.24. The van der Waals surface area contributed by atoms with Crippen LogP contribution in [0.2, 0.25) is 0 Å². The van der Waals surface area contributed by atoms with Crippen molar-refractivity contribution < 1.29 is 13.5 Å². The molecule has 2 aromatic carbocycles. The number of hydrogen-bond acceptors (Lipinski definition) is 3. The summed E-state index contributed by atoms with van der Waals surface area (Å²) >= 11 is 0. The maximum absolute atomic E-state index is 12.5. The molecule has 2 N–H and O–H groups in total. The number of anilines is 1. The van der Waals surface area contributed by atoms with Crippen molar-refractivity contribution in [3.63, 3.8) is 0 Å². The average molecular weight is 304 g/mol. The first-order valence-corrected chi connectivity index (χ1v) is 7.24. The molecule has 1 atom stereocenters. The number of halogens is 2. The van der Waals surface area contributed by atoms with Crippen molar-refractivity contribution in [1.29, 1.82) is 0 Å². The van der Waals surface area contributed by atoms with Gasteiger partial charge in [0.05, 0.1) is 0 Å². The van der Waals surface area contributed by atoms with Crippen molar-refractivity contribution in [1.82, 2.24) is 0 Å². The highest BCUT2D eigenvalue weighted by molar-refractivity contribution is 5.57. The Balaban J connectivity index is 1.88. The van der Waals surface area contributed by atoms with Crippen molar-refractivity contribution in [3.8, 4) is 5.75 Å². The van der Waals surface area contributed by atoms with Gasteiger partial charge in [-0.2, -0.15) is 8.78 Å².